The van der Waals surface area contributed by atoms with Crippen LogP contribution < -0.4 is 5.73 Å². The fraction of sp³-hybridized carbons (Fsp3) is 0.333. The third-order valence-corrected chi connectivity index (χ3v) is 1.34. The highest BCUT2D eigenvalue weighted by molar-refractivity contribution is 5.31. The van der Waals surface area contributed by atoms with Crippen molar-refractivity contribution in [1.82, 2.24) is 0 Å². The van der Waals surface area contributed by atoms with E-state index in [1.807, 2.05) is 26.0 Å². The normalized spacial score (nSPS) is 14.5. The SMILES string of the molecule is C\C=C/C=C(CO)\C(N)=C/C. The van der Waals surface area contributed by atoms with Crippen molar-refractivity contribution >= 4 is 0 Å². The molecule has 0 saturated heterocycles. The molecular weight excluding hydrogens is 138 g/mol. The molecule has 3 N–H and O–H groups in total. The Bertz CT molecular complexity index is 190. The molecular formula is C9H15NO. The summed E-state index contributed by atoms with van der Waals surface area (Å²) in [4.78, 5) is 0. The van der Waals surface area contributed by atoms with Gasteiger partial charge in [-0.2, -0.15) is 0 Å². The molecule has 2 heteroatoms. The number of hydrogen-bond donors (Lipinski definition) is 2. The van der Waals surface area contributed by atoms with Crippen molar-refractivity contribution in [3.63, 3.8) is 0 Å². The van der Waals surface area contributed by atoms with Gasteiger partial charge in [0.15, 0.2) is 0 Å². The van der Waals surface area contributed by atoms with Crippen molar-refractivity contribution in [2.24, 2.45) is 5.73 Å². The molecule has 0 unspecified atom stereocenters. The third-order valence-electron chi connectivity index (χ3n) is 1.34. The van der Waals surface area contributed by atoms with Gasteiger partial charge in [0.05, 0.1) is 6.61 Å². The molecule has 0 fully saturated rings. The van der Waals surface area contributed by atoms with Gasteiger partial charge in [0, 0.05) is 5.70 Å². The third kappa shape index (κ3) is 3.63. The highest BCUT2D eigenvalue weighted by Crippen LogP contribution is 2.02. The van der Waals surface area contributed by atoms with E-state index >= 15 is 0 Å². The Balaban J connectivity index is 4.39. The molecule has 0 aromatic rings. The van der Waals surface area contributed by atoms with Crippen LogP contribution in [0, 0.1) is 0 Å². The largest absolute Gasteiger partial charge is 0.399 e. The first kappa shape index (κ1) is 9.98. The van der Waals surface area contributed by atoms with E-state index in [-0.39, 0.29) is 6.61 Å². The lowest BCUT2D eigenvalue weighted by atomic mass is 10.2. The lowest BCUT2D eigenvalue weighted by Crippen LogP contribution is -2.03. The first-order chi connectivity index (χ1) is 5.26. The summed E-state index contributed by atoms with van der Waals surface area (Å²) in [6.45, 7) is 3.74. The summed E-state index contributed by atoms with van der Waals surface area (Å²) < 4.78 is 0. The second-order valence-electron chi connectivity index (χ2n) is 2.12. The zero-order chi connectivity index (χ0) is 8.69. The zero-order valence-electron chi connectivity index (χ0n) is 7.04. The van der Waals surface area contributed by atoms with E-state index in [4.69, 9.17) is 10.8 Å². The average Bonchev–Trinajstić information content (AvgIpc) is 2.05. The van der Waals surface area contributed by atoms with Crippen molar-refractivity contribution in [3.8, 4) is 0 Å². The Labute approximate surface area is 67.7 Å². The first-order valence-corrected chi connectivity index (χ1v) is 3.61. The molecule has 0 aliphatic rings. The Morgan fingerprint density at radius 2 is 2.09 bits per heavy atom. The minimum absolute atomic E-state index is 0.0134. The molecule has 0 spiro atoms. The fourth-order valence-corrected chi connectivity index (χ4v) is 0.638. The summed E-state index contributed by atoms with van der Waals surface area (Å²) in [6.07, 6.45) is 7.31. The van der Waals surface area contributed by atoms with Gasteiger partial charge in [0.25, 0.3) is 0 Å². The molecule has 62 valence electrons. The molecule has 0 saturated carbocycles. The van der Waals surface area contributed by atoms with Crippen molar-refractivity contribution < 1.29 is 5.11 Å². The summed E-state index contributed by atoms with van der Waals surface area (Å²) in [5, 5.41) is 8.83. The molecule has 0 bridgehead atoms. The average molecular weight is 153 g/mol. The number of aliphatic hydroxyl groups excluding tert-OH is 1. The molecule has 0 aromatic heterocycles. The quantitative estimate of drug-likeness (QED) is 0.601. The standard InChI is InChI=1S/C9H15NO/c1-3-5-6-8(7-11)9(10)4-2/h3-6,11H,7,10H2,1-2H3/b5-3-,8-6-,9-4+. The molecule has 0 rings (SSSR count). The number of hydrogen-bond acceptors (Lipinski definition) is 2. The molecule has 0 aliphatic carbocycles. The van der Waals surface area contributed by atoms with Crippen LogP contribution in [0.5, 0.6) is 0 Å². The molecule has 0 atom stereocenters. The van der Waals surface area contributed by atoms with Crippen molar-refractivity contribution in [2.75, 3.05) is 6.61 Å². The lowest BCUT2D eigenvalue weighted by molar-refractivity contribution is 0.333. The van der Waals surface area contributed by atoms with Gasteiger partial charge in [-0.1, -0.05) is 24.3 Å². The Kier molecular flexibility index (Phi) is 5.21. The van der Waals surface area contributed by atoms with Gasteiger partial charge in [0.1, 0.15) is 0 Å². The molecule has 0 radical (unpaired) electrons. The fourth-order valence-electron chi connectivity index (χ4n) is 0.638. The lowest BCUT2D eigenvalue weighted by Gasteiger charge is -2.00. The van der Waals surface area contributed by atoms with Crippen LogP contribution in [0.15, 0.2) is 35.6 Å². The number of allylic oxidation sites excluding steroid dienone is 4. The summed E-state index contributed by atoms with van der Waals surface area (Å²) in [5.41, 5.74) is 6.95. The van der Waals surface area contributed by atoms with E-state index in [1.165, 1.54) is 0 Å². The van der Waals surface area contributed by atoms with Crippen LogP contribution in [-0.2, 0) is 0 Å². The summed E-state index contributed by atoms with van der Waals surface area (Å²) in [7, 11) is 0. The minimum atomic E-state index is -0.0134. The Morgan fingerprint density at radius 3 is 2.45 bits per heavy atom. The molecule has 0 amide bonds. The molecule has 0 aromatic carbocycles. The van der Waals surface area contributed by atoms with Gasteiger partial charge < -0.3 is 10.8 Å². The number of aliphatic hydroxyl groups is 1. The van der Waals surface area contributed by atoms with Crippen LogP contribution in [0.1, 0.15) is 13.8 Å². The molecule has 0 heterocycles. The highest BCUT2D eigenvalue weighted by atomic mass is 16.3. The Hall–Kier alpha value is -1.02. The van der Waals surface area contributed by atoms with Gasteiger partial charge in [0.2, 0.25) is 0 Å². The van der Waals surface area contributed by atoms with Crippen molar-refractivity contribution in [2.45, 2.75) is 13.8 Å². The minimum Gasteiger partial charge on any atom is -0.399 e. The van der Waals surface area contributed by atoms with Crippen LogP contribution >= 0.6 is 0 Å². The first-order valence-electron chi connectivity index (χ1n) is 3.61. The maximum absolute atomic E-state index is 8.83. The molecule has 11 heavy (non-hydrogen) atoms. The van der Waals surface area contributed by atoms with Crippen LogP contribution in [-0.4, -0.2) is 11.7 Å². The van der Waals surface area contributed by atoms with Crippen LogP contribution in [0.2, 0.25) is 0 Å². The number of rotatable bonds is 3. The van der Waals surface area contributed by atoms with Gasteiger partial charge in [-0.05, 0) is 19.4 Å². The van der Waals surface area contributed by atoms with Crippen molar-refractivity contribution in [3.05, 3.63) is 35.6 Å². The van der Waals surface area contributed by atoms with Gasteiger partial charge >= 0.3 is 0 Å². The Morgan fingerprint density at radius 1 is 1.45 bits per heavy atom. The van der Waals surface area contributed by atoms with Crippen LogP contribution in [0.3, 0.4) is 0 Å². The summed E-state index contributed by atoms with van der Waals surface area (Å²) in [6, 6.07) is 0. The van der Waals surface area contributed by atoms with E-state index in [1.54, 1.807) is 12.2 Å². The van der Waals surface area contributed by atoms with E-state index in [0.717, 1.165) is 5.57 Å². The van der Waals surface area contributed by atoms with E-state index in [2.05, 4.69) is 0 Å². The highest BCUT2D eigenvalue weighted by Gasteiger charge is 1.94. The maximum Gasteiger partial charge on any atom is 0.0701 e. The monoisotopic (exact) mass is 153 g/mol. The van der Waals surface area contributed by atoms with E-state index in [9.17, 15) is 0 Å². The number of nitrogens with two attached hydrogens (primary N) is 1. The zero-order valence-corrected chi connectivity index (χ0v) is 7.04. The topological polar surface area (TPSA) is 46.2 Å². The molecule has 2 nitrogen and oxygen atoms in total. The second-order valence-corrected chi connectivity index (χ2v) is 2.12. The van der Waals surface area contributed by atoms with E-state index in [0.29, 0.717) is 5.70 Å². The summed E-state index contributed by atoms with van der Waals surface area (Å²) >= 11 is 0. The second kappa shape index (κ2) is 5.74. The smallest absolute Gasteiger partial charge is 0.0701 e. The van der Waals surface area contributed by atoms with Crippen LogP contribution in [0.4, 0.5) is 0 Å². The van der Waals surface area contributed by atoms with Gasteiger partial charge in [-0.25, -0.2) is 0 Å². The van der Waals surface area contributed by atoms with E-state index < -0.39 is 0 Å². The van der Waals surface area contributed by atoms with Gasteiger partial charge in [-0.15, -0.1) is 0 Å². The summed E-state index contributed by atoms with van der Waals surface area (Å²) in [5.74, 6) is 0. The molecule has 0 aliphatic heterocycles. The predicted molar refractivity (Wildman–Crippen MR) is 47.9 cm³/mol. The van der Waals surface area contributed by atoms with Gasteiger partial charge in [-0.3, -0.25) is 0 Å². The maximum atomic E-state index is 8.83. The van der Waals surface area contributed by atoms with Crippen LogP contribution in [0.25, 0.3) is 0 Å². The predicted octanol–water partition coefficient (Wildman–Crippen LogP) is 1.34. The van der Waals surface area contributed by atoms with Crippen molar-refractivity contribution in [1.29, 1.82) is 0 Å².